The van der Waals surface area contributed by atoms with E-state index in [0.29, 0.717) is 0 Å². The topological polar surface area (TPSA) is 54.3 Å². The molecule has 29 heavy (non-hydrogen) atoms. The molecule has 0 amide bonds. The zero-order valence-corrected chi connectivity index (χ0v) is 17.1. The van der Waals surface area contributed by atoms with Crippen molar-refractivity contribution in [2.45, 2.75) is 23.9 Å². The average molecular weight is 414 g/mol. The Balaban J connectivity index is 1.57. The first kappa shape index (κ1) is 19.8. The van der Waals surface area contributed by atoms with Gasteiger partial charge in [-0.25, -0.2) is 17.5 Å². The second kappa shape index (κ2) is 8.10. The highest BCUT2D eigenvalue weighted by Gasteiger charge is 2.28. The van der Waals surface area contributed by atoms with Gasteiger partial charge in [-0.15, -0.1) is 0 Å². The molecule has 0 saturated carbocycles. The predicted molar refractivity (Wildman–Crippen MR) is 110 cm³/mol. The van der Waals surface area contributed by atoms with Crippen LogP contribution in [-0.4, -0.2) is 31.0 Å². The van der Waals surface area contributed by atoms with E-state index in [2.05, 4.69) is 27.8 Å². The molecule has 0 saturated heterocycles. The molecule has 1 aliphatic heterocycles. The van der Waals surface area contributed by atoms with Crippen LogP contribution in [0.15, 0.2) is 71.8 Å². The molecule has 0 spiro atoms. The maximum absolute atomic E-state index is 13.2. The van der Waals surface area contributed by atoms with E-state index in [-0.39, 0.29) is 17.5 Å². The van der Waals surface area contributed by atoms with Crippen molar-refractivity contribution in [1.82, 2.24) is 14.2 Å². The summed E-state index contributed by atoms with van der Waals surface area (Å²) >= 11 is 0. The van der Waals surface area contributed by atoms with Crippen molar-refractivity contribution < 1.29 is 12.8 Å². The van der Waals surface area contributed by atoms with Crippen molar-refractivity contribution in [3.8, 4) is 0 Å². The van der Waals surface area contributed by atoms with Gasteiger partial charge < -0.3 is 4.57 Å². The van der Waals surface area contributed by atoms with Gasteiger partial charge in [0, 0.05) is 38.6 Å². The number of halogens is 1. The third kappa shape index (κ3) is 4.27. The minimum absolute atomic E-state index is 0.0634. The molecule has 7 heteroatoms. The molecule has 0 aliphatic carbocycles. The molecule has 0 bridgehead atoms. The fourth-order valence-corrected chi connectivity index (χ4v) is 4.95. The van der Waals surface area contributed by atoms with Crippen LogP contribution in [0.3, 0.4) is 0 Å². The maximum atomic E-state index is 13.2. The number of hydrogen-bond acceptors (Lipinski definition) is 3. The van der Waals surface area contributed by atoms with Crippen LogP contribution in [0.5, 0.6) is 0 Å². The highest BCUT2D eigenvalue weighted by atomic mass is 32.2. The monoisotopic (exact) mass is 413 g/mol. The minimum Gasteiger partial charge on any atom is -0.353 e. The van der Waals surface area contributed by atoms with E-state index in [1.807, 2.05) is 36.0 Å². The summed E-state index contributed by atoms with van der Waals surface area (Å²) in [5, 5.41) is 0. The van der Waals surface area contributed by atoms with Crippen molar-refractivity contribution in [3.63, 3.8) is 0 Å². The molecule has 0 fully saturated rings. The molecule has 1 unspecified atom stereocenters. The number of benzene rings is 2. The normalized spacial score (nSPS) is 15.8. The van der Waals surface area contributed by atoms with E-state index in [9.17, 15) is 12.8 Å². The number of aromatic nitrogens is 1. The van der Waals surface area contributed by atoms with Gasteiger partial charge in [-0.2, -0.15) is 0 Å². The van der Waals surface area contributed by atoms with E-state index in [1.54, 1.807) is 0 Å². The van der Waals surface area contributed by atoms with Crippen molar-refractivity contribution in [1.29, 1.82) is 0 Å². The summed E-state index contributed by atoms with van der Waals surface area (Å²) in [5.41, 5.74) is 3.67. The van der Waals surface area contributed by atoms with Crippen LogP contribution in [0.2, 0.25) is 0 Å². The summed E-state index contributed by atoms with van der Waals surface area (Å²) in [6, 6.07) is 17.1. The second-order valence-electron chi connectivity index (χ2n) is 7.35. The van der Waals surface area contributed by atoms with E-state index < -0.39 is 15.8 Å². The third-order valence-corrected chi connectivity index (χ3v) is 6.96. The predicted octanol–water partition coefficient (Wildman–Crippen LogP) is 3.24. The Hall–Kier alpha value is -2.48. The van der Waals surface area contributed by atoms with Gasteiger partial charge in [-0.1, -0.05) is 24.3 Å². The fraction of sp³-hybridized carbons (Fsp3) is 0.273. The van der Waals surface area contributed by atoms with E-state index in [0.717, 1.165) is 37.3 Å². The molecular weight excluding hydrogens is 389 g/mol. The molecule has 152 valence electrons. The summed E-state index contributed by atoms with van der Waals surface area (Å²) in [4.78, 5) is 2.37. The van der Waals surface area contributed by atoms with Gasteiger partial charge in [-0.3, -0.25) is 4.90 Å². The lowest BCUT2D eigenvalue weighted by Gasteiger charge is -2.36. The first-order valence-corrected chi connectivity index (χ1v) is 11.1. The van der Waals surface area contributed by atoms with Crippen LogP contribution in [0.25, 0.3) is 0 Å². The molecule has 1 atom stereocenters. The van der Waals surface area contributed by atoms with E-state index >= 15 is 0 Å². The lowest BCUT2D eigenvalue weighted by Crippen LogP contribution is -2.41. The Morgan fingerprint density at radius 2 is 1.76 bits per heavy atom. The molecule has 5 nitrogen and oxygen atoms in total. The van der Waals surface area contributed by atoms with Crippen LogP contribution >= 0.6 is 0 Å². The highest BCUT2D eigenvalue weighted by Crippen LogP contribution is 2.28. The second-order valence-corrected chi connectivity index (χ2v) is 9.12. The zero-order valence-electron chi connectivity index (χ0n) is 16.3. The highest BCUT2D eigenvalue weighted by molar-refractivity contribution is 7.89. The summed E-state index contributed by atoms with van der Waals surface area (Å²) in [7, 11) is -1.76. The largest absolute Gasteiger partial charge is 0.353 e. The molecule has 2 aromatic carbocycles. The molecule has 3 aromatic rings. The van der Waals surface area contributed by atoms with E-state index in [4.69, 9.17) is 0 Å². The first-order chi connectivity index (χ1) is 13.9. The van der Waals surface area contributed by atoms with Crippen LogP contribution < -0.4 is 4.72 Å². The van der Waals surface area contributed by atoms with Gasteiger partial charge in [0.25, 0.3) is 0 Å². The molecular formula is C22H24FN3O2S. The van der Waals surface area contributed by atoms with Gasteiger partial charge in [0.2, 0.25) is 10.0 Å². The first-order valence-electron chi connectivity index (χ1n) is 9.61. The Morgan fingerprint density at radius 3 is 2.45 bits per heavy atom. The lowest BCUT2D eigenvalue weighted by atomic mass is 9.98. The van der Waals surface area contributed by atoms with Crippen molar-refractivity contribution in [3.05, 3.63) is 89.5 Å². The van der Waals surface area contributed by atoms with Crippen molar-refractivity contribution in [2.75, 3.05) is 13.1 Å². The molecule has 1 aromatic heterocycles. The summed E-state index contributed by atoms with van der Waals surface area (Å²) in [6.45, 7) is 1.86. The maximum Gasteiger partial charge on any atom is 0.240 e. The van der Waals surface area contributed by atoms with Crippen LogP contribution in [-0.2, 0) is 30.0 Å². The number of fused-ring (bicyclic) bond motifs is 1. The summed E-state index contributed by atoms with van der Waals surface area (Å²) in [5.74, 6) is -0.461. The zero-order chi connectivity index (χ0) is 20.4. The standard InChI is InChI=1S/C22H24FN3O2S/c1-25-13-4-7-21(25)22(26-14-12-17-5-2-3-6-18(17)16-26)15-24-29(27,28)20-10-8-19(23)9-11-20/h2-11,13,22,24H,12,14-16H2,1H3. The number of rotatable bonds is 6. The Labute approximate surface area is 170 Å². The Morgan fingerprint density at radius 1 is 1.03 bits per heavy atom. The average Bonchev–Trinajstić information content (AvgIpc) is 3.14. The lowest BCUT2D eigenvalue weighted by molar-refractivity contribution is 0.174. The SMILES string of the molecule is Cn1cccc1C(CNS(=O)(=O)c1ccc(F)cc1)N1CCc2ccccc2C1. The van der Waals surface area contributed by atoms with Gasteiger partial charge in [0.15, 0.2) is 0 Å². The summed E-state index contributed by atoms with van der Waals surface area (Å²) in [6.07, 6.45) is 2.90. The van der Waals surface area contributed by atoms with Gasteiger partial charge in [0.1, 0.15) is 5.82 Å². The molecule has 0 radical (unpaired) electrons. The smallest absolute Gasteiger partial charge is 0.240 e. The minimum atomic E-state index is -3.73. The number of aryl methyl sites for hydroxylation is 1. The number of nitrogens with one attached hydrogen (secondary N) is 1. The van der Waals surface area contributed by atoms with Crippen LogP contribution in [0, 0.1) is 5.82 Å². The van der Waals surface area contributed by atoms with Crippen molar-refractivity contribution in [2.24, 2.45) is 7.05 Å². The Kier molecular flexibility index (Phi) is 5.54. The molecule has 1 N–H and O–H groups in total. The molecule has 2 heterocycles. The van der Waals surface area contributed by atoms with Crippen LogP contribution in [0.1, 0.15) is 22.9 Å². The number of nitrogens with zero attached hydrogens (tertiary/aromatic N) is 2. The van der Waals surface area contributed by atoms with Crippen LogP contribution in [0.4, 0.5) is 4.39 Å². The molecule has 1 aliphatic rings. The Bertz CT molecular complexity index is 1090. The fourth-order valence-electron chi connectivity index (χ4n) is 3.91. The molecule has 4 rings (SSSR count). The van der Waals surface area contributed by atoms with Crippen molar-refractivity contribution >= 4 is 10.0 Å². The van der Waals surface area contributed by atoms with Gasteiger partial charge in [0.05, 0.1) is 10.9 Å². The summed E-state index contributed by atoms with van der Waals surface area (Å²) < 4.78 is 43.4. The quantitative estimate of drug-likeness (QED) is 0.675. The number of hydrogen-bond donors (Lipinski definition) is 1. The van der Waals surface area contributed by atoms with Gasteiger partial charge >= 0.3 is 0 Å². The van der Waals surface area contributed by atoms with E-state index in [1.165, 1.54) is 23.3 Å². The number of sulfonamides is 1. The van der Waals surface area contributed by atoms with Gasteiger partial charge in [-0.05, 0) is 53.9 Å². The third-order valence-electron chi connectivity index (χ3n) is 5.52.